The minimum atomic E-state index is -5.05. The molecule has 0 radical (unpaired) electrons. The molecule has 3 unspecified atom stereocenters. The Bertz CT molecular complexity index is 449. The second-order valence-corrected chi connectivity index (χ2v) is 7.16. The van der Waals surface area contributed by atoms with E-state index in [4.69, 9.17) is 14.7 Å². The van der Waals surface area contributed by atoms with Gasteiger partial charge >= 0.3 is 23.7 Å². The number of hydrogen-bond donors (Lipinski definition) is 7. The molecule has 3 atom stereocenters. The van der Waals surface area contributed by atoms with E-state index < -0.39 is 23.7 Å². The molecule has 15 N–H and O–H groups in total. The third-order valence-corrected chi connectivity index (χ3v) is 4.79. The van der Waals surface area contributed by atoms with Crippen LogP contribution in [0.5, 0.6) is 0 Å². The maximum atomic E-state index is 11.2. The molecule has 0 amide bonds. The van der Waals surface area contributed by atoms with Crippen LogP contribution in [0.1, 0.15) is 13.8 Å². The molecule has 0 saturated carbocycles. The van der Waals surface area contributed by atoms with E-state index in [1.807, 2.05) is 0 Å². The van der Waals surface area contributed by atoms with Gasteiger partial charge in [0.2, 0.25) is 0 Å². The molecule has 12 nitrogen and oxygen atoms in total. The maximum absolute atomic E-state index is 11.2. The van der Waals surface area contributed by atoms with Gasteiger partial charge in [-0.2, -0.15) is 0 Å². The van der Waals surface area contributed by atoms with Crippen molar-refractivity contribution in [1.29, 1.82) is 0 Å². The highest BCUT2D eigenvalue weighted by Crippen LogP contribution is 2.63. The van der Waals surface area contributed by atoms with Gasteiger partial charge < -0.3 is 29.5 Å². The zero-order chi connectivity index (χ0) is 13.7. The van der Waals surface area contributed by atoms with Gasteiger partial charge in [-0.15, -0.1) is 4.89 Å². The molecular weight excluding hydrogens is 349 g/mol. The lowest BCUT2D eigenvalue weighted by atomic mass is 10.3. The van der Waals surface area contributed by atoms with Crippen LogP contribution in [0, 0.1) is 0 Å². The normalized spacial score (nSPS) is 15.8. The molecule has 0 spiro atoms. The van der Waals surface area contributed by atoms with Crippen LogP contribution >= 0.6 is 23.7 Å². The molecule has 0 bridgehead atoms. The summed E-state index contributed by atoms with van der Waals surface area (Å²) in [4.78, 5) is 26.1. The first kappa shape index (κ1) is 32.6. The predicted molar refractivity (Wildman–Crippen MR) is 80.3 cm³/mol. The highest BCUT2D eigenvalue weighted by atomic mass is 31.3. The van der Waals surface area contributed by atoms with E-state index in [2.05, 4.69) is 8.62 Å². The van der Waals surface area contributed by atoms with Gasteiger partial charge in [-0.3, -0.25) is 9.46 Å². The summed E-state index contributed by atoms with van der Waals surface area (Å²) < 4.78 is 39.7. The molecule has 0 aliphatic rings. The summed E-state index contributed by atoms with van der Waals surface area (Å²) in [6.45, 7) is 3.45. The van der Waals surface area contributed by atoms with Crippen molar-refractivity contribution in [2.24, 2.45) is 0 Å². The van der Waals surface area contributed by atoms with E-state index in [0.717, 1.165) is 11.6 Å². The lowest BCUT2D eigenvalue weighted by Gasteiger charge is -2.07. The summed E-state index contributed by atoms with van der Waals surface area (Å²) in [5.41, 5.74) is 0.822. The minimum absolute atomic E-state index is 0. The lowest BCUT2D eigenvalue weighted by Crippen LogP contribution is -1.87. The van der Waals surface area contributed by atoms with Crippen LogP contribution in [0.15, 0.2) is 23.5 Å². The Morgan fingerprint density at radius 3 is 1.86 bits per heavy atom. The van der Waals surface area contributed by atoms with Crippen molar-refractivity contribution in [2.75, 3.05) is 0 Å². The van der Waals surface area contributed by atoms with E-state index in [-0.39, 0.29) is 24.6 Å². The van der Waals surface area contributed by atoms with Crippen LogP contribution in [-0.4, -0.2) is 14.7 Å². The van der Waals surface area contributed by atoms with Crippen LogP contribution < -0.4 is 24.6 Å². The summed E-state index contributed by atoms with van der Waals surface area (Å²) in [5.74, 6) is 0.649. The molecule has 0 rings (SSSR count). The summed E-state index contributed by atoms with van der Waals surface area (Å²) in [5, 5.41) is 0. The molecule has 0 aromatic rings. The molecule has 0 aliphatic carbocycles. The van der Waals surface area contributed by atoms with E-state index in [1.165, 1.54) is 6.08 Å². The van der Waals surface area contributed by atoms with Crippen LogP contribution in [-0.2, 0) is 22.3 Å². The first-order valence-corrected chi connectivity index (χ1v) is 8.36. The molecule has 130 valence electrons. The molecule has 0 aliphatic heterocycles. The number of allylic oxidation sites excluding steroid dienone is 3. The van der Waals surface area contributed by atoms with Crippen molar-refractivity contribution >= 4 is 23.7 Å². The average Bonchev–Trinajstić information content (AvgIpc) is 1.95. The second kappa shape index (κ2) is 13.4. The van der Waals surface area contributed by atoms with Gasteiger partial charge in [0.15, 0.2) is 0 Å². The fourth-order valence-electron chi connectivity index (χ4n) is 0.622. The summed E-state index contributed by atoms with van der Waals surface area (Å²) >= 11 is 0. The van der Waals surface area contributed by atoms with Crippen molar-refractivity contribution in [1.82, 2.24) is 24.6 Å². The zero-order valence-electron chi connectivity index (χ0n) is 11.8. The molecule has 0 saturated heterocycles. The van der Waals surface area contributed by atoms with Gasteiger partial charge in [-0.1, -0.05) is 17.7 Å². The highest BCUT2D eigenvalue weighted by Gasteiger charge is 2.40. The molecule has 0 aromatic heterocycles. The Morgan fingerprint density at radius 2 is 1.52 bits per heavy atom. The Kier molecular flexibility index (Phi) is 20.7. The largest absolute Gasteiger partial charge is 0.705 e. The standard InChI is InChI=1S/C6H11O8P3.4H3N/c1-6(2)4-3-5-16(9,10)14-17(11,12)13-15(7)8;;;;/h3-5H,1-2H3,(H2-,7,8,9,10,11,12);4*1H3/p+1/b5-3+;;;;. The van der Waals surface area contributed by atoms with Crippen LogP contribution in [0.25, 0.3) is 0 Å². The van der Waals surface area contributed by atoms with E-state index >= 15 is 0 Å². The Balaban J connectivity index is -0.000000213. The van der Waals surface area contributed by atoms with E-state index in [9.17, 15) is 13.7 Å². The van der Waals surface area contributed by atoms with Crippen molar-refractivity contribution in [3.8, 4) is 0 Å². The van der Waals surface area contributed by atoms with Crippen LogP contribution in [0.4, 0.5) is 0 Å². The smallest absolute Gasteiger partial charge is 0.344 e. The summed E-state index contributed by atoms with van der Waals surface area (Å²) in [7, 11) is -13.0. The number of rotatable bonds is 6. The maximum Gasteiger partial charge on any atom is 0.705 e. The number of hydrogen-bond acceptors (Lipinski definition) is 9. The quantitative estimate of drug-likeness (QED) is 0.261. The molecule has 0 heterocycles. The van der Waals surface area contributed by atoms with Gasteiger partial charge in [0, 0.05) is 10.4 Å². The molecule has 15 heteroatoms. The molecule has 0 fully saturated rings. The van der Waals surface area contributed by atoms with E-state index in [0.29, 0.717) is 5.82 Å². The fraction of sp³-hybridized carbons (Fsp3) is 0.333. The zero-order valence-corrected chi connectivity index (χ0v) is 14.5. The third kappa shape index (κ3) is 19.7. The molecule has 0 aromatic carbocycles. The Morgan fingerprint density at radius 1 is 1.10 bits per heavy atom. The number of phosphoric acid groups is 1. The summed E-state index contributed by atoms with van der Waals surface area (Å²) in [6, 6.07) is 0. The Labute approximate surface area is 123 Å². The SMILES string of the molecule is CC(C)=C/C=C/P(=O)(O)OP(=O)(O)O[P+](=O)O.N.N.N.N. The Hall–Kier alpha value is -0.320. The van der Waals surface area contributed by atoms with Crippen molar-refractivity contribution in [2.45, 2.75) is 13.8 Å². The van der Waals surface area contributed by atoms with Crippen LogP contribution in [0.2, 0.25) is 0 Å². The monoisotopic (exact) mass is 373 g/mol. The van der Waals surface area contributed by atoms with Gasteiger partial charge in [-0.25, -0.2) is 8.88 Å². The first-order chi connectivity index (χ1) is 7.54. The topological polar surface area (TPSA) is 270 Å². The highest BCUT2D eigenvalue weighted by molar-refractivity contribution is 7.68. The van der Waals surface area contributed by atoms with E-state index in [1.54, 1.807) is 13.8 Å². The summed E-state index contributed by atoms with van der Waals surface area (Å²) in [6.07, 6.45) is 2.61. The van der Waals surface area contributed by atoms with Gasteiger partial charge in [0.1, 0.15) is 0 Å². The molecule has 21 heavy (non-hydrogen) atoms. The van der Waals surface area contributed by atoms with Crippen molar-refractivity contribution < 1.29 is 37.0 Å². The second-order valence-electron chi connectivity index (χ2n) is 3.02. The predicted octanol–water partition coefficient (Wildman–Crippen LogP) is 3.08. The minimum Gasteiger partial charge on any atom is -0.344 e. The first-order valence-electron chi connectivity index (χ1n) is 4.09. The van der Waals surface area contributed by atoms with Gasteiger partial charge in [0.05, 0.1) is 0 Å². The van der Waals surface area contributed by atoms with Crippen LogP contribution in [0.3, 0.4) is 0 Å². The van der Waals surface area contributed by atoms with Crippen molar-refractivity contribution in [3.05, 3.63) is 23.5 Å². The fourth-order valence-corrected chi connectivity index (χ4v) is 3.42. The van der Waals surface area contributed by atoms with Gasteiger partial charge in [0.25, 0.3) is 0 Å². The molecular formula is C6H24N4O8P3+. The third-order valence-electron chi connectivity index (χ3n) is 1.10. The van der Waals surface area contributed by atoms with Gasteiger partial charge in [-0.05, 0) is 18.2 Å². The lowest BCUT2D eigenvalue weighted by molar-refractivity contribution is 0.266. The average molecular weight is 373 g/mol. The van der Waals surface area contributed by atoms with Crippen molar-refractivity contribution in [3.63, 3.8) is 0 Å².